The number of hydrogen-bond acceptors (Lipinski definition) is 3. The van der Waals surface area contributed by atoms with Gasteiger partial charge in [-0.3, -0.25) is 4.79 Å². The van der Waals surface area contributed by atoms with Crippen LogP contribution in [0.15, 0.2) is 4.79 Å². The predicted molar refractivity (Wildman–Crippen MR) is 49.9 cm³/mol. The Bertz CT molecular complexity index is 313. The van der Waals surface area contributed by atoms with Gasteiger partial charge in [-0.25, -0.2) is 0 Å². The van der Waals surface area contributed by atoms with E-state index in [9.17, 15) is 4.79 Å². The van der Waals surface area contributed by atoms with Gasteiger partial charge < -0.3 is 9.30 Å². The monoisotopic (exact) mass is 187 g/mol. The van der Waals surface area contributed by atoms with Crippen LogP contribution in [0.5, 0.6) is 0 Å². The third-order valence-corrected chi connectivity index (χ3v) is 2.89. The van der Waals surface area contributed by atoms with Crippen LogP contribution in [0.2, 0.25) is 0 Å². The highest BCUT2D eigenvalue weighted by Gasteiger charge is 2.05. The molecule has 1 rings (SSSR count). The molecule has 1 heterocycles. The lowest BCUT2D eigenvalue weighted by molar-refractivity contribution is 0.186. The van der Waals surface area contributed by atoms with Crippen LogP contribution in [0.3, 0.4) is 0 Å². The smallest absolute Gasteiger partial charge is 0.307 e. The summed E-state index contributed by atoms with van der Waals surface area (Å²) >= 11 is 1.30. The third kappa shape index (κ3) is 1.76. The lowest BCUT2D eigenvalue weighted by Gasteiger charge is -2.02. The molecule has 0 bridgehead atoms. The average Bonchev–Trinajstić information content (AvgIpc) is 2.25. The van der Waals surface area contributed by atoms with Crippen molar-refractivity contribution in [2.45, 2.75) is 20.4 Å². The average molecular weight is 187 g/mol. The Morgan fingerprint density at radius 3 is 2.58 bits per heavy atom. The van der Waals surface area contributed by atoms with E-state index >= 15 is 0 Å². The van der Waals surface area contributed by atoms with E-state index in [1.54, 1.807) is 11.7 Å². The van der Waals surface area contributed by atoms with Gasteiger partial charge in [0.2, 0.25) is 0 Å². The molecule has 0 aliphatic heterocycles. The van der Waals surface area contributed by atoms with Crippen LogP contribution in [-0.4, -0.2) is 18.3 Å². The summed E-state index contributed by atoms with van der Waals surface area (Å²) in [5.41, 5.74) is 1.06. The van der Waals surface area contributed by atoms with E-state index in [-0.39, 0.29) is 4.87 Å². The molecule has 0 unspecified atom stereocenters. The molecular formula is C8H13NO2S. The Hall–Kier alpha value is -0.610. The fourth-order valence-corrected chi connectivity index (χ4v) is 1.89. The van der Waals surface area contributed by atoms with Crippen molar-refractivity contribution in [3.63, 3.8) is 0 Å². The lowest BCUT2D eigenvalue weighted by atomic mass is 10.4. The number of ether oxygens (including phenoxy) is 1. The molecule has 1 aromatic heterocycles. The fraction of sp³-hybridized carbons (Fsp3) is 0.625. The minimum absolute atomic E-state index is 0.113. The highest BCUT2D eigenvalue weighted by Crippen LogP contribution is 2.08. The number of nitrogens with zero attached hydrogens (tertiary/aromatic N) is 1. The van der Waals surface area contributed by atoms with Crippen molar-refractivity contribution in [2.75, 3.05) is 13.7 Å². The maximum Gasteiger partial charge on any atom is 0.307 e. The molecule has 0 aliphatic carbocycles. The van der Waals surface area contributed by atoms with Crippen molar-refractivity contribution < 1.29 is 4.74 Å². The van der Waals surface area contributed by atoms with E-state index in [1.165, 1.54) is 11.3 Å². The van der Waals surface area contributed by atoms with Crippen molar-refractivity contribution in [3.8, 4) is 0 Å². The summed E-state index contributed by atoms with van der Waals surface area (Å²) in [7, 11) is 1.64. The molecule has 0 saturated heterocycles. The van der Waals surface area contributed by atoms with Gasteiger partial charge in [-0.2, -0.15) is 0 Å². The molecule has 0 saturated carbocycles. The summed E-state index contributed by atoms with van der Waals surface area (Å²) in [4.78, 5) is 12.5. The van der Waals surface area contributed by atoms with E-state index in [0.29, 0.717) is 13.2 Å². The van der Waals surface area contributed by atoms with Crippen molar-refractivity contribution in [2.24, 2.45) is 0 Å². The maximum absolute atomic E-state index is 11.3. The second kappa shape index (κ2) is 3.87. The second-order valence-electron chi connectivity index (χ2n) is 2.65. The largest absolute Gasteiger partial charge is 0.383 e. The summed E-state index contributed by atoms with van der Waals surface area (Å²) in [5, 5.41) is 0. The second-order valence-corrected chi connectivity index (χ2v) is 3.82. The Labute approximate surface area is 75.6 Å². The van der Waals surface area contributed by atoms with Crippen LogP contribution in [0.25, 0.3) is 0 Å². The number of aryl methyl sites for hydroxylation is 1. The quantitative estimate of drug-likeness (QED) is 0.711. The molecule has 4 heteroatoms. The molecule has 0 aliphatic rings. The summed E-state index contributed by atoms with van der Waals surface area (Å²) in [6, 6.07) is 0. The lowest BCUT2D eigenvalue weighted by Crippen LogP contribution is -2.17. The van der Waals surface area contributed by atoms with Gasteiger partial charge in [0, 0.05) is 17.7 Å². The van der Waals surface area contributed by atoms with Crippen LogP contribution in [0.4, 0.5) is 0 Å². The van der Waals surface area contributed by atoms with Crippen molar-refractivity contribution >= 4 is 11.3 Å². The minimum Gasteiger partial charge on any atom is -0.383 e. The van der Waals surface area contributed by atoms with Gasteiger partial charge in [0.05, 0.1) is 13.2 Å². The Balaban J connectivity index is 2.90. The number of thiazole rings is 1. The summed E-state index contributed by atoms with van der Waals surface area (Å²) < 4.78 is 6.66. The van der Waals surface area contributed by atoms with Crippen LogP contribution in [0.1, 0.15) is 10.6 Å². The molecule has 68 valence electrons. The van der Waals surface area contributed by atoms with Crippen LogP contribution in [0, 0.1) is 13.8 Å². The van der Waals surface area contributed by atoms with Crippen LogP contribution >= 0.6 is 11.3 Å². The zero-order valence-electron chi connectivity index (χ0n) is 7.59. The first kappa shape index (κ1) is 9.48. The van der Waals surface area contributed by atoms with Gasteiger partial charge in [-0.15, -0.1) is 0 Å². The molecule has 0 aromatic carbocycles. The normalized spacial score (nSPS) is 10.6. The predicted octanol–water partition coefficient (Wildman–Crippen LogP) is 1.17. The number of methoxy groups -OCH3 is 1. The van der Waals surface area contributed by atoms with Gasteiger partial charge in [0.25, 0.3) is 0 Å². The maximum atomic E-state index is 11.3. The van der Waals surface area contributed by atoms with Gasteiger partial charge >= 0.3 is 4.87 Å². The minimum atomic E-state index is 0.113. The summed E-state index contributed by atoms with van der Waals surface area (Å²) in [5.74, 6) is 0. The molecule has 12 heavy (non-hydrogen) atoms. The number of hydrogen-bond donors (Lipinski definition) is 0. The molecule has 1 aromatic rings. The van der Waals surface area contributed by atoms with E-state index in [2.05, 4.69) is 0 Å². The van der Waals surface area contributed by atoms with Gasteiger partial charge in [-0.05, 0) is 13.8 Å². The van der Waals surface area contributed by atoms with Crippen LogP contribution < -0.4 is 4.87 Å². The molecule has 0 fully saturated rings. The highest BCUT2D eigenvalue weighted by molar-refractivity contribution is 7.09. The fourth-order valence-electron chi connectivity index (χ4n) is 1.03. The van der Waals surface area contributed by atoms with E-state index < -0.39 is 0 Å². The Morgan fingerprint density at radius 2 is 2.17 bits per heavy atom. The number of aromatic nitrogens is 1. The molecule has 0 atom stereocenters. The first-order valence-electron chi connectivity index (χ1n) is 3.82. The van der Waals surface area contributed by atoms with E-state index in [1.807, 2.05) is 13.8 Å². The van der Waals surface area contributed by atoms with Gasteiger partial charge in [-0.1, -0.05) is 11.3 Å². The highest BCUT2D eigenvalue weighted by atomic mass is 32.1. The molecular weight excluding hydrogens is 174 g/mol. The zero-order chi connectivity index (χ0) is 9.14. The van der Waals surface area contributed by atoms with Crippen molar-refractivity contribution in [3.05, 3.63) is 20.2 Å². The molecule has 0 N–H and O–H groups in total. The number of rotatable bonds is 3. The standard InChI is InChI=1S/C8H13NO2S/c1-6-7(2)12-8(10)9(6)4-5-11-3/h4-5H2,1-3H3. The van der Waals surface area contributed by atoms with Crippen molar-refractivity contribution in [1.82, 2.24) is 4.57 Å². The Kier molecular flexibility index (Phi) is 3.05. The van der Waals surface area contributed by atoms with Crippen molar-refractivity contribution in [1.29, 1.82) is 0 Å². The van der Waals surface area contributed by atoms with E-state index in [0.717, 1.165) is 10.6 Å². The molecule has 3 nitrogen and oxygen atoms in total. The first-order valence-corrected chi connectivity index (χ1v) is 4.64. The first-order chi connectivity index (χ1) is 5.66. The summed E-state index contributed by atoms with van der Waals surface area (Å²) in [6.45, 7) is 5.18. The Morgan fingerprint density at radius 1 is 1.50 bits per heavy atom. The van der Waals surface area contributed by atoms with E-state index in [4.69, 9.17) is 4.74 Å². The van der Waals surface area contributed by atoms with Gasteiger partial charge in [0.15, 0.2) is 0 Å². The topological polar surface area (TPSA) is 31.2 Å². The molecule has 0 amide bonds. The SMILES string of the molecule is COCCn1c(C)c(C)sc1=O. The summed E-state index contributed by atoms with van der Waals surface area (Å²) in [6.07, 6.45) is 0. The zero-order valence-corrected chi connectivity index (χ0v) is 8.40. The van der Waals surface area contributed by atoms with Crippen LogP contribution in [-0.2, 0) is 11.3 Å². The molecule has 0 radical (unpaired) electrons. The van der Waals surface area contributed by atoms with Gasteiger partial charge in [0.1, 0.15) is 0 Å². The molecule has 0 spiro atoms. The third-order valence-electron chi connectivity index (χ3n) is 1.89.